The monoisotopic (exact) mass is 496 g/mol. The molecular formula is C30H32N4O3. The number of hydrogen-bond donors (Lipinski definition) is 1. The van der Waals surface area contributed by atoms with E-state index >= 15 is 0 Å². The molecule has 0 aliphatic carbocycles. The van der Waals surface area contributed by atoms with Crippen molar-refractivity contribution in [2.45, 2.75) is 45.3 Å². The van der Waals surface area contributed by atoms with Crippen LogP contribution >= 0.6 is 0 Å². The standard InChI is InChI=1S/C30H32N4O3/c1-3-37-24-15-13-22(14-16-24)17-18-31-28(35)19-27-30(36)33(20-23-9-5-4-6-10-23)21(2)29-32-25-11-7-8-12-26(25)34(27)29/h4-16,21,27H,3,17-20H2,1-2H3,(H,31,35)/t21-,27+/m0/s1. The Morgan fingerprint density at radius 3 is 2.46 bits per heavy atom. The van der Waals surface area contributed by atoms with Crippen LogP contribution < -0.4 is 10.1 Å². The van der Waals surface area contributed by atoms with Gasteiger partial charge in [-0.3, -0.25) is 9.59 Å². The molecule has 0 fully saturated rings. The molecule has 0 radical (unpaired) electrons. The average molecular weight is 497 g/mol. The number of rotatable bonds is 9. The molecule has 4 aromatic rings. The minimum Gasteiger partial charge on any atom is -0.494 e. The number of imidazole rings is 1. The molecule has 37 heavy (non-hydrogen) atoms. The van der Waals surface area contributed by atoms with Gasteiger partial charge in [-0.1, -0.05) is 54.6 Å². The second-order valence-corrected chi connectivity index (χ2v) is 9.35. The second kappa shape index (κ2) is 10.9. The lowest BCUT2D eigenvalue weighted by atomic mass is 10.0. The molecule has 5 rings (SSSR count). The number of hydrogen-bond acceptors (Lipinski definition) is 4. The summed E-state index contributed by atoms with van der Waals surface area (Å²) in [4.78, 5) is 33.6. The van der Waals surface area contributed by atoms with E-state index in [1.807, 2.05) is 102 Å². The summed E-state index contributed by atoms with van der Waals surface area (Å²) in [6.07, 6.45) is 0.765. The van der Waals surface area contributed by atoms with E-state index in [-0.39, 0.29) is 24.3 Å². The van der Waals surface area contributed by atoms with Gasteiger partial charge < -0.3 is 19.5 Å². The van der Waals surface area contributed by atoms with E-state index in [1.165, 1.54) is 0 Å². The zero-order chi connectivity index (χ0) is 25.8. The maximum Gasteiger partial charge on any atom is 0.247 e. The maximum atomic E-state index is 13.8. The summed E-state index contributed by atoms with van der Waals surface area (Å²) in [5.74, 6) is 1.43. The number of ether oxygens (including phenoxy) is 1. The van der Waals surface area contributed by atoms with E-state index in [2.05, 4.69) is 5.32 Å². The molecular weight excluding hydrogens is 464 g/mol. The highest BCUT2D eigenvalue weighted by molar-refractivity contribution is 5.90. The highest BCUT2D eigenvalue weighted by atomic mass is 16.5. The molecule has 3 aromatic carbocycles. The average Bonchev–Trinajstić information content (AvgIpc) is 3.31. The van der Waals surface area contributed by atoms with Crippen LogP contribution in [0, 0.1) is 0 Å². The van der Waals surface area contributed by atoms with E-state index in [4.69, 9.17) is 9.72 Å². The number of para-hydroxylation sites is 2. The van der Waals surface area contributed by atoms with E-state index in [1.54, 1.807) is 0 Å². The Hall–Kier alpha value is -4.13. The van der Waals surface area contributed by atoms with Gasteiger partial charge in [0.05, 0.1) is 30.1 Å². The van der Waals surface area contributed by atoms with Gasteiger partial charge in [0.25, 0.3) is 0 Å². The Morgan fingerprint density at radius 1 is 0.973 bits per heavy atom. The van der Waals surface area contributed by atoms with Gasteiger partial charge in [0, 0.05) is 13.1 Å². The van der Waals surface area contributed by atoms with Crippen LogP contribution in [-0.4, -0.2) is 39.4 Å². The zero-order valence-corrected chi connectivity index (χ0v) is 21.3. The van der Waals surface area contributed by atoms with Crippen LogP contribution in [0.3, 0.4) is 0 Å². The first-order valence-electron chi connectivity index (χ1n) is 12.8. The molecule has 2 heterocycles. The number of aromatic nitrogens is 2. The lowest BCUT2D eigenvalue weighted by Gasteiger charge is -2.38. The highest BCUT2D eigenvalue weighted by Gasteiger charge is 2.40. The summed E-state index contributed by atoms with van der Waals surface area (Å²) in [6, 6.07) is 24.8. The molecule has 0 saturated heterocycles. The van der Waals surface area contributed by atoms with E-state index < -0.39 is 6.04 Å². The van der Waals surface area contributed by atoms with Crippen molar-refractivity contribution in [1.82, 2.24) is 19.8 Å². The molecule has 2 amide bonds. The number of benzene rings is 3. The summed E-state index contributed by atoms with van der Waals surface area (Å²) < 4.78 is 7.46. The molecule has 2 atom stereocenters. The van der Waals surface area contributed by atoms with Crippen molar-refractivity contribution >= 4 is 22.8 Å². The second-order valence-electron chi connectivity index (χ2n) is 9.35. The third-order valence-corrected chi connectivity index (χ3v) is 6.89. The van der Waals surface area contributed by atoms with Crippen molar-refractivity contribution in [2.24, 2.45) is 0 Å². The summed E-state index contributed by atoms with van der Waals surface area (Å²) in [5.41, 5.74) is 3.87. The van der Waals surface area contributed by atoms with E-state index in [9.17, 15) is 9.59 Å². The summed E-state index contributed by atoms with van der Waals surface area (Å²) in [5, 5.41) is 3.01. The lowest BCUT2D eigenvalue weighted by molar-refractivity contribution is -0.142. The topological polar surface area (TPSA) is 76.5 Å². The zero-order valence-electron chi connectivity index (χ0n) is 21.3. The molecule has 1 aromatic heterocycles. The van der Waals surface area contributed by atoms with Crippen molar-refractivity contribution in [3.8, 4) is 5.75 Å². The van der Waals surface area contributed by atoms with Crippen LogP contribution in [0.15, 0.2) is 78.9 Å². The fourth-order valence-corrected chi connectivity index (χ4v) is 5.00. The van der Waals surface area contributed by atoms with Gasteiger partial charge in [-0.05, 0) is 55.7 Å². The third-order valence-electron chi connectivity index (χ3n) is 6.89. The SMILES string of the molecule is CCOc1ccc(CCNC(=O)C[C@@H]2C(=O)N(Cc3ccccc3)[C@@H](C)c3nc4ccccc4n32)cc1. The number of nitrogens with zero attached hydrogens (tertiary/aromatic N) is 3. The van der Waals surface area contributed by atoms with Crippen LogP contribution in [0.5, 0.6) is 5.75 Å². The quantitative estimate of drug-likeness (QED) is 0.360. The third kappa shape index (κ3) is 5.21. The number of amides is 2. The van der Waals surface area contributed by atoms with Crippen LogP contribution in [-0.2, 0) is 22.6 Å². The Balaban J connectivity index is 1.33. The molecule has 0 spiro atoms. The first-order chi connectivity index (χ1) is 18.0. The molecule has 1 N–H and O–H groups in total. The lowest BCUT2D eigenvalue weighted by Crippen LogP contribution is -2.46. The molecule has 1 aliphatic rings. The molecule has 0 unspecified atom stereocenters. The number of carbonyl (C=O) groups excluding carboxylic acids is 2. The molecule has 7 nitrogen and oxygen atoms in total. The Morgan fingerprint density at radius 2 is 1.70 bits per heavy atom. The Kier molecular flexibility index (Phi) is 7.21. The first kappa shape index (κ1) is 24.6. The summed E-state index contributed by atoms with van der Waals surface area (Å²) in [6.45, 7) is 5.56. The van der Waals surface area contributed by atoms with Crippen molar-refractivity contribution < 1.29 is 14.3 Å². The minimum atomic E-state index is -0.646. The Bertz CT molecular complexity index is 1380. The van der Waals surface area contributed by atoms with Gasteiger partial charge in [0.2, 0.25) is 11.8 Å². The summed E-state index contributed by atoms with van der Waals surface area (Å²) in [7, 11) is 0. The fourth-order valence-electron chi connectivity index (χ4n) is 5.00. The smallest absolute Gasteiger partial charge is 0.247 e. The van der Waals surface area contributed by atoms with Gasteiger partial charge in [0.1, 0.15) is 17.6 Å². The van der Waals surface area contributed by atoms with Crippen molar-refractivity contribution in [3.63, 3.8) is 0 Å². The number of fused-ring (bicyclic) bond motifs is 3. The first-order valence-corrected chi connectivity index (χ1v) is 12.8. The number of nitrogens with one attached hydrogen (secondary N) is 1. The van der Waals surface area contributed by atoms with Crippen molar-refractivity contribution in [3.05, 3.63) is 95.8 Å². The number of carbonyl (C=O) groups is 2. The molecule has 0 saturated carbocycles. The fraction of sp³-hybridized carbons (Fsp3) is 0.300. The van der Waals surface area contributed by atoms with E-state index in [0.717, 1.165) is 33.7 Å². The van der Waals surface area contributed by atoms with Gasteiger partial charge in [-0.2, -0.15) is 0 Å². The summed E-state index contributed by atoms with van der Waals surface area (Å²) >= 11 is 0. The van der Waals surface area contributed by atoms with Gasteiger partial charge in [0.15, 0.2) is 0 Å². The highest BCUT2D eigenvalue weighted by Crippen LogP contribution is 2.37. The largest absolute Gasteiger partial charge is 0.494 e. The van der Waals surface area contributed by atoms with Crippen LogP contribution in [0.1, 0.15) is 49.3 Å². The predicted octanol–water partition coefficient (Wildman–Crippen LogP) is 4.83. The molecule has 7 heteroatoms. The van der Waals surface area contributed by atoms with Crippen LogP contribution in [0.2, 0.25) is 0 Å². The van der Waals surface area contributed by atoms with E-state index in [0.29, 0.717) is 26.1 Å². The van der Waals surface area contributed by atoms with Crippen LogP contribution in [0.4, 0.5) is 0 Å². The van der Waals surface area contributed by atoms with Gasteiger partial charge in [-0.15, -0.1) is 0 Å². The van der Waals surface area contributed by atoms with Crippen LogP contribution in [0.25, 0.3) is 11.0 Å². The van der Waals surface area contributed by atoms with Crippen molar-refractivity contribution in [2.75, 3.05) is 13.2 Å². The minimum absolute atomic E-state index is 0.0614. The van der Waals surface area contributed by atoms with Gasteiger partial charge >= 0.3 is 0 Å². The van der Waals surface area contributed by atoms with Gasteiger partial charge in [-0.25, -0.2) is 4.98 Å². The predicted molar refractivity (Wildman–Crippen MR) is 143 cm³/mol. The maximum absolute atomic E-state index is 13.8. The van der Waals surface area contributed by atoms with Crippen molar-refractivity contribution in [1.29, 1.82) is 0 Å². The molecule has 1 aliphatic heterocycles. The molecule has 0 bridgehead atoms. The molecule has 190 valence electrons. The Labute approximate surface area is 217 Å². The normalized spacial score (nSPS) is 17.0.